The van der Waals surface area contributed by atoms with Crippen LogP contribution in [0.25, 0.3) is 0 Å². The molecule has 0 radical (unpaired) electrons. The second-order valence-electron chi connectivity index (χ2n) is 4.36. The molecule has 82 valence electrons. The molecule has 1 aliphatic carbocycles. The van der Waals surface area contributed by atoms with E-state index in [0.717, 1.165) is 30.8 Å². The van der Waals surface area contributed by atoms with Gasteiger partial charge in [0.1, 0.15) is 5.78 Å². The molecule has 0 amide bonds. The van der Waals surface area contributed by atoms with Gasteiger partial charge >= 0.3 is 0 Å². The third-order valence-electron chi connectivity index (χ3n) is 3.20. The first-order valence-corrected chi connectivity index (χ1v) is 5.76. The van der Waals surface area contributed by atoms with Crippen LogP contribution in [0.1, 0.15) is 37.6 Å². The van der Waals surface area contributed by atoms with Gasteiger partial charge in [-0.25, -0.2) is 0 Å². The molecule has 0 unspecified atom stereocenters. The Balaban J connectivity index is 2.05. The molecule has 0 aliphatic heterocycles. The number of nitrogens with zero attached hydrogens (tertiary/aromatic N) is 2. The Hall–Kier alpha value is -1.12. The first kappa shape index (κ1) is 10.4. The van der Waals surface area contributed by atoms with E-state index in [4.69, 9.17) is 0 Å². The minimum absolute atomic E-state index is 0.338. The van der Waals surface area contributed by atoms with Gasteiger partial charge in [-0.3, -0.25) is 9.48 Å². The highest BCUT2D eigenvalue weighted by Crippen LogP contribution is 2.28. The standard InChI is InChI=1S/C12H18N2O/c1-3-14-11(7-9(2)13-14)8-12(15)10-5-4-6-10/h7,10H,3-6,8H2,1-2H3. The lowest BCUT2D eigenvalue weighted by molar-refractivity contribution is -0.124. The fraction of sp³-hybridized carbons (Fsp3) is 0.667. The summed E-state index contributed by atoms with van der Waals surface area (Å²) < 4.78 is 1.94. The third-order valence-corrected chi connectivity index (χ3v) is 3.20. The predicted octanol–water partition coefficient (Wildman–Crippen LogP) is 2.12. The van der Waals surface area contributed by atoms with Gasteiger partial charge in [0.2, 0.25) is 0 Å². The molecule has 1 aromatic rings. The molecule has 1 heterocycles. The molecule has 1 aliphatic rings. The van der Waals surface area contributed by atoms with Crippen LogP contribution in [0.2, 0.25) is 0 Å². The zero-order chi connectivity index (χ0) is 10.8. The average molecular weight is 206 g/mol. The Morgan fingerprint density at radius 2 is 2.33 bits per heavy atom. The molecule has 0 spiro atoms. The smallest absolute Gasteiger partial charge is 0.141 e. The van der Waals surface area contributed by atoms with Gasteiger partial charge in [0.25, 0.3) is 0 Å². The van der Waals surface area contributed by atoms with Crippen molar-refractivity contribution in [2.24, 2.45) is 5.92 Å². The second-order valence-corrected chi connectivity index (χ2v) is 4.36. The van der Waals surface area contributed by atoms with Crippen LogP contribution in [-0.4, -0.2) is 15.6 Å². The van der Waals surface area contributed by atoms with Crippen molar-refractivity contribution in [3.8, 4) is 0 Å². The summed E-state index contributed by atoms with van der Waals surface area (Å²) in [7, 11) is 0. The first-order valence-electron chi connectivity index (χ1n) is 5.76. The Kier molecular flexibility index (Phi) is 2.89. The number of Topliss-reactive ketones (excluding diaryl/α,β-unsaturated/α-hetero) is 1. The highest BCUT2D eigenvalue weighted by molar-refractivity contribution is 5.83. The maximum Gasteiger partial charge on any atom is 0.141 e. The van der Waals surface area contributed by atoms with Crippen molar-refractivity contribution in [1.82, 2.24) is 9.78 Å². The van der Waals surface area contributed by atoms with E-state index in [1.165, 1.54) is 6.42 Å². The van der Waals surface area contributed by atoms with Crippen LogP contribution in [0.3, 0.4) is 0 Å². The van der Waals surface area contributed by atoms with Crippen LogP contribution in [0.15, 0.2) is 6.07 Å². The summed E-state index contributed by atoms with van der Waals surface area (Å²) in [5.41, 5.74) is 2.08. The Labute approximate surface area is 90.5 Å². The van der Waals surface area contributed by atoms with E-state index in [-0.39, 0.29) is 0 Å². The highest BCUT2D eigenvalue weighted by Gasteiger charge is 2.25. The van der Waals surface area contributed by atoms with E-state index in [1.807, 2.05) is 17.7 Å². The zero-order valence-corrected chi connectivity index (χ0v) is 9.49. The minimum atomic E-state index is 0.338. The lowest BCUT2D eigenvalue weighted by atomic mass is 9.81. The van der Waals surface area contributed by atoms with Gasteiger partial charge in [-0.15, -0.1) is 0 Å². The molecular weight excluding hydrogens is 188 g/mol. The van der Waals surface area contributed by atoms with Crippen molar-refractivity contribution in [2.45, 2.75) is 46.1 Å². The summed E-state index contributed by atoms with van der Waals surface area (Å²) in [6.07, 6.45) is 3.98. The largest absolute Gasteiger partial charge is 0.299 e. The number of hydrogen-bond acceptors (Lipinski definition) is 2. The summed E-state index contributed by atoms with van der Waals surface area (Å²) in [5.74, 6) is 0.737. The summed E-state index contributed by atoms with van der Waals surface area (Å²) >= 11 is 0. The van der Waals surface area contributed by atoms with E-state index in [1.54, 1.807) is 0 Å². The summed E-state index contributed by atoms with van der Waals surface area (Å²) in [6.45, 7) is 4.88. The van der Waals surface area contributed by atoms with Crippen molar-refractivity contribution >= 4 is 5.78 Å². The van der Waals surface area contributed by atoms with Gasteiger partial charge in [-0.2, -0.15) is 5.10 Å². The first-order chi connectivity index (χ1) is 7.20. The maximum absolute atomic E-state index is 11.8. The van der Waals surface area contributed by atoms with Crippen LogP contribution < -0.4 is 0 Å². The quantitative estimate of drug-likeness (QED) is 0.756. The van der Waals surface area contributed by atoms with Gasteiger partial charge in [0.05, 0.1) is 5.69 Å². The number of rotatable bonds is 4. The monoisotopic (exact) mass is 206 g/mol. The number of aromatic nitrogens is 2. The highest BCUT2D eigenvalue weighted by atomic mass is 16.1. The Bertz CT molecular complexity index is 364. The van der Waals surface area contributed by atoms with Gasteiger partial charge in [-0.05, 0) is 32.8 Å². The number of aryl methyl sites for hydroxylation is 2. The third kappa shape index (κ3) is 2.11. The maximum atomic E-state index is 11.8. The molecule has 2 rings (SSSR count). The molecular formula is C12H18N2O. The van der Waals surface area contributed by atoms with Crippen molar-refractivity contribution in [2.75, 3.05) is 0 Å². The molecule has 0 aromatic carbocycles. The van der Waals surface area contributed by atoms with E-state index in [0.29, 0.717) is 18.1 Å². The number of hydrogen-bond donors (Lipinski definition) is 0. The summed E-state index contributed by atoms with van der Waals surface area (Å²) in [5, 5.41) is 4.35. The lowest BCUT2D eigenvalue weighted by Gasteiger charge is -2.23. The Morgan fingerprint density at radius 1 is 1.60 bits per heavy atom. The van der Waals surface area contributed by atoms with E-state index in [9.17, 15) is 4.79 Å². The van der Waals surface area contributed by atoms with Crippen LogP contribution in [-0.2, 0) is 17.8 Å². The number of ketones is 1. The van der Waals surface area contributed by atoms with Crippen molar-refractivity contribution < 1.29 is 4.79 Å². The molecule has 0 atom stereocenters. The van der Waals surface area contributed by atoms with E-state index >= 15 is 0 Å². The van der Waals surface area contributed by atoms with Gasteiger partial charge in [0, 0.05) is 24.6 Å². The fourth-order valence-corrected chi connectivity index (χ4v) is 2.07. The second kappa shape index (κ2) is 4.17. The van der Waals surface area contributed by atoms with E-state index < -0.39 is 0 Å². The van der Waals surface area contributed by atoms with Gasteiger partial charge < -0.3 is 0 Å². The molecule has 0 saturated heterocycles. The molecule has 1 aromatic heterocycles. The Morgan fingerprint density at radius 3 is 2.87 bits per heavy atom. The number of carbonyl (C=O) groups excluding carboxylic acids is 1. The molecule has 15 heavy (non-hydrogen) atoms. The predicted molar refractivity (Wildman–Crippen MR) is 58.7 cm³/mol. The molecule has 3 nitrogen and oxygen atoms in total. The summed E-state index contributed by atoms with van der Waals surface area (Å²) in [4.78, 5) is 11.8. The average Bonchev–Trinajstić information content (AvgIpc) is 2.42. The summed E-state index contributed by atoms with van der Waals surface area (Å²) in [6, 6.07) is 2.03. The topological polar surface area (TPSA) is 34.9 Å². The van der Waals surface area contributed by atoms with Gasteiger partial charge in [-0.1, -0.05) is 6.42 Å². The zero-order valence-electron chi connectivity index (χ0n) is 9.49. The lowest BCUT2D eigenvalue weighted by Crippen LogP contribution is -2.24. The van der Waals surface area contributed by atoms with Crippen LogP contribution in [0.4, 0.5) is 0 Å². The number of carbonyl (C=O) groups is 1. The normalized spacial score (nSPS) is 16.4. The van der Waals surface area contributed by atoms with E-state index in [2.05, 4.69) is 12.0 Å². The molecule has 0 N–H and O–H groups in total. The molecule has 1 fully saturated rings. The molecule has 0 bridgehead atoms. The SMILES string of the molecule is CCn1nc(C)cc1CC(=O)C1CCC1. The fourth-order valence-electron chi connectivity index (χ4n) is 2.07. The van der Waals surface area contributed by atoms with Gasteiger partial charge in [0.15, 0.2) is 0 Å². The minimum Gasteiger partial charge on any atom is -0.299 e. The van der Waals surface area contributed by atoms with Crippen LogP contribution >= 0.6 is 0 Å². The van der Waals surface area contributed by atoms with Crippen molar-refractivity contribution in [1.29, 1.82) is 0 Å². The molecule has 3 heteroatoms. The molecule has 1 saturated carbocycles. The van der Waals surface area contributed by atoms with Crippen LogP contribution in [0, 0.1) is 12.8 Å². The van der Waals surface area contributed by atoms with Crippen molar-refractivity contribution in [3.63, 3.8) is 0 Å². The van der Waals surface area contributed by atoms with Crippen LogP contribution in [0.5, 0.6) is 0 Å². The van der Waals surface area contributed by atoms with Crippen molar-refractivity contribution in [3.05, 3.63) is 17.5 Å².